The Morgan fingerprint density at radius 2 is 1.83 bits per heavy atom. The monoisotopic (exact) mass is 265 g/mol. The van der Waals surface area contributed by atoms with E-state index in [1.807, 2.05) is 13.8 Å². The Morgan fingerprint density at radius 3 is 2.50 bits per heavy atom. The second-order valence-electron chi connectivity index (χ2n) is 4.03. The summed E-state index contributed by atoms with van der Waals surface area (Å²) in [4.78, 5) is 8.20. The van der Waals surface area contributed by atoms with Gasteiger partial charge in [0.2, 0.25) is 5.28 Å². The number of nitrogens with one attached hydrogen (secondary N) is 1. The molecular formula is C13H13ClFN3. The van der Waals surface area contributed by atoms with E-state index in [0.29, 0.717) is 12.4 Å². The Bertz CT molecular complexity index is 555. The van der Waals surface area contributed by atoms with Crippen molar-refractivity contribution >= 4 is 17.4 Å². The number of nitrogens with zero attached hydrogens (tertiary/aromatic N) is 2. The first-order valence-electron chi connectivity index (χ1n) is 5.55. The van der Waals surface area contributed by atoms with Crippen molar-refractivity contribution in [3.63, 3.8) is 0 Å². The Labute approximate surface area is 110 Å². The van der Waals surface area contributed by atoms with Crippen LogP contribution >= 0.6 is 11.6 Å². The van der Waals surface area contributed by atoms with Gasteiger partial charge >= 0.3 is 0 Å². The van der Waals surface area contributed by atoms with Crippen LogP contribution < -0.4 is 5.32 Å². The van der Waals surface area contributed by atoms with Crippen LogP contribution in [0.2, 0.25) is 5.28 Å². The van der Waals surface area contributed by atoms with E-state index in [0.717, 1.165) is 16.8 Å². The van der Waals surface area contributed by atoms with Crippen molar-refractivity contribution in [2.75, 3.05) is 5.32 Å². The van der Waals surface area contributed by atoms with Gasteiger partial charge < -0.3 is 5.32 Å². The highest BCUT2D eigenvalue weighted by Crippen LogP contribution is 2.17. The van der Waals surface area contributed by atoms with Crippen molar-refractivity contribution in [3.05, 3.63) is 52.2 Å². The Kier molecular flexibility index (Phi) is 3.77. The maximum atomic E-state index is 12.8. The first-order valence-corrected chi connectivity index (χ1v) is 5.93. The lowest BCUT2D eigenvalue weighted by molar-refractivity contribution is 0.627. The highest BCUT2D eigenvalue weighted by Gasteiger charge is 2.06. The van der Waals surface area contributed by atoms with Gasteiger partial charge in [0.15, 0.2) is 0 Å². The predicted octanol–water partition coefficient (Wildman–Crippen LogP) is 3.50. The Balaban J connectivity index is 2.13. The molecule has 1 aromatic carbocycles. The van der Waals surface area contributed by atoms with E-state index in [1.54, 1.807) is 12.1 Å². The fourth-order valence-corrected chi connectivity index (χ4v) is 1.77. The van der Waals surface area contributed by atoms with Crippen LogP contribution in [0.3, 0.4) is 0 Å². The Hall–Kier alpha value is -1.68. The third-order valence-electron chi connectivity index (χ3n) is 2.74. The number of rotatable bonds is 3. The summed E-state index contributed by atoms with van der Waals surface area (Å²) in [6.07, 6.45) is 0. The summed E-state index contributed by atoms with van der Waals surface area (Å²) in [7, 11) is 0. The summed E-state index contributed by atoms with van der Waals surface area (Å²) in [6, 6.07) is 6.32. The lowest BCUT2D eigenvalue weighted by Crippen LogP contribution is -2.05. The Morgan fingerprint density at radius 1 is 1.17 bits per heavy atom. The summed E-state index contributed by atoms with van der Waals surface area (Å²) < 4.78 is 12.8. The van der Waals surface area contributed by atoms with Gasteiger partial charge in [0.25, 0.3) is 0 Å². The molecule has 2 rings (SSSR count). The smallest absolute Gasteiger partial charge is 0.224 e. The largest absolute Gasteiger partial charge is 0.366 e. The topological polar surface area (TPSA) is 37.8 Å². The van der Waals surface area contributed by atoms with E-state index in [9.17, 15) is 4.39 Å². The third kappa shape index (κ3) is 2.96. The molecule has 0 aliphatic rings. The molecule has 3 nitrogen and oxygen atoms in total. The maximum Gasteiger partial charge on any atom is 0.224 e. The molecule has 0 saturated heterocycles. The first kappa shape index (κ1) is 12.8. The zero-order valence-corrected chi connectivity index (χ0v) is 10.9. The summed E-state index contributed by atoms with van der Waals surface area (Å²) in [6.45, 7) is 4.37. The molecule has 0 atom stereocenters. The zero-order chi connectivity index (χ0) is 13.1. The van der Waals surface area contributed by atoms with E-state index >= 15 is 0 Å². The minimum absolute atomic E-state index is 0.222. The average Bonchev–Trinajstić information content (AvgIpc) is 2.34. The van der Waals surface area contributed by atoms with Crippen molar-refractivity contribution in [2.24, 2.45) is 0 Å². The van der Waals surface area contributed by atoms with Crippen molar-refractivity contribution in [3.8, 4) is 0 Å². The molecule has 18 heavy (non-hydrogen) atoms. The van der Waals surface area contributed by atoms with E-state index in [4.69, 9.17) is 11.6 Å². The van der Waals surface area contributed by atoms with Crippen molar-refractivity contribution < 1.29 is 4.39 Å². The van der Waals surface area contributed by atoms with Gasteiger partial charge in [0.1, 0.15) is 11.6 Å². The van der Waals surface area contributed by atoms with Gasteiger partial charge in [-0.2, -0.15) is 0 Å². The van der Waals surface area contributed by atoms with E-state index in [1.165, 1.54) is 12.1 Å². The standard InChI is InChI=1S/C13H13ClFN3/c1-8-9(2)17-13(14)18-12(8)16-7-10-3-5-11(15)6-4-10/h3-6H,7H2,1-2H3,(H,16,17,18). The van der Waals surface area contributed by atoms with Gasteiger partial charge in [-0.15, -0.1) is 0 Å². The van der Waals surface area contributed by atoms with E-state index < -0.39 is 0 Å². The molecule has 0 aliphatic heterocycles. The van der Waals surface area contributed by atoms with Crippen LogP contribution in [0.4, 0.5) is 10.2 Å². The van der Waals surface area contributed by atoms with Crippen molar-refractivity contribution in [1.29, 1.82) is 0 Å². The molecule has 2 aromatic rings. The molecule has 0 bridgehead atoms. The molecule has 94 valence electrons. The van der Waals surface area contributed by atoms with Crippen LogP contribution in [0.5, 0.6) is 0 Å². The third-order valence-corrected chi connectivity index (χ3v) is 2.90. The molecule has 0 amide bonds. The van der Waals surface area contributed by atoms with Crippen LogP contribution in [0, 0.1) is 19.7 Å². The zero-order valence-electron chi connectivity index (χ0n) is 10.2. The van der Waals surface area contributed by atoms with Crippen LogP contribution in [-0.4, -0.2) is 9.97 Å². The van der Waals surface area contributed by atoms with Crippen molar-refractivity contribution in [2.45, 2.75) is 20.4 Å². The molecule has 0 unspecified atom stereocenters. The number of benzene rings is 1. The molecule has 0 spiro atoms. The second-order valence-corrected chi connectivity index (χ2v) is 4.37. The van der Waals surface area contributed by atoms with Gasteiger partial charge in [-0.3, -0.25) is 0 Å². The highest BCUT2D eigenvalue weighted by atomic mass is 35.5. The number of aryl methyl sites for hydroxylation is 1. The lowest BCUT2D eigenvalue weighted by atomic mass is 10.2. The maximum absolute atomic E-state index is 12.8. The highest BCUT2D eigenvalue weighted by molar-refractivity contribution is 6.28. The van der Waals surface area contributed by atoms with Crippen LogP contribution in [-0.2, 0) is 6.54 Å². The lowest BCUT2D eigenvalue weighted by Gasteiger charge is -2.10. The molecule has 1 heterocycles. The molecular weight excluding hydrogens is 253 g/mol. The SMILES string of the molecule is Cc1nc(Cl)nc(NCc2ccc(F)cc2)c1C. The van der Waals surface area contributed by atoms with Gasteiger partial charge in [0, 0.05) is 17.8 Å². The van der Waals surface area contributed by atoms with Crippen molar-refractivity contribution in [1.82, 2.24) is 9.97 Å². The van der Waals surface area contributed by atoms with E-state index in [-0.39, 0.29) is 11.1 Å². The van der Waals surface area contributed by atoms with Gasteiger partial charge in [-0.1, -0.05) is 12.1 Å². The summed E-state index contributed by atoms with van der Waals surface area (Å²) >= 11 is 5.81. The molecule has 0 fully saturated rings. The average molecular weight is 266 g/mol. The quantitative estimate of drug-likeness (QED) is 0.863. The molecule has 0 radical (unpaired) electrons. The minimum Gasteiger partial charge on any atom is -0.366 e. The molecule has 0 saturated carbocycles. The first-order chi connectivity index (χ1) is 8.56. The number of hydrogen-bond donors (Lipinski definition) is 1. The minimum atomic E-state index is -0.240. The van der Waals surface area contributed by atoms with Crippen LogP contribution in [0.25, 0.3) is 0 Å². The molecule has 1 N–H and O–H groups in total. The summed E-state index contributed by atoms with van der Waals surface area (Å²) in [5.74, 6) is 0.465. The number of hydrogen-bond acceptors (Lipinski definition) is 3. The van der Waals surface area contributed by atoms with Gasteiger partial charge in [-0.05, 0) is 43.1 Å². The summed E-state index contributed by atoms with van der Waals surface area (Å²) in [5, 5.41) is 3.39. The van der Waals surface area contributed by atoms with E-state index in [2.05, 4.69) is 15.3 Å². The van der Waals surface area contributed by atoms with Gasteiger partial charge in [-0.25, -0.2) is 14.4 Å². The molecule has 1 aromatic heterocycles. The second kappa shape index (κ2) is 5.31. The molecule has 5 heteroatoms. The number of aromatic nitrogens is 2. The summed E-state index contributed by atoms with van der Waals surface area (Å²) in [5.41, 5.74) is 2.78. The van der Waals surface area contributed by atoms with Crippen LogP contribution in [0.1, 0.15) is 16.8 Å². The fraction of sp³-hybridized carbons (Fsp3) is 0.231. The van der Waals surface area contributed by atoms with Gasteiger partial charge in [0.05, 0.1) is 0 Å². The predicted molar refractivity (Wildman–Crippen MR) is 70.2 cm³/mol. The van der Waals surface area contributed by atoms with Crippen LogP contribution in [0.15, 0.2) is 24.3 Å². The normalized spacial score (nSPS) is 10.4. The fourth-order valence-electron chi connectivity index (χ4n) is 1.55. The number of anilines is 1. The number of halogens is 2. The molecule has 0 aliphatic carbocycles.